The van der Waals surface area contributed by atoms with Crippen molar-refractivity contribution in [2.75, 3.05) is 0 Å². The Balaban J connectivity index is 1.88. The summed E-state index contributed by atoms with van der Waals surface area (Å²) in [6.45, 7) is 5.15. The molecule has 1 aliphatic rings. The Bertz CT molecular complexity index is 411. The van der Waals surface area contributed by atoms with E-state index in [-0.39, 0.29) is 0 Å². The van der Waals surface area contributed by atoms with Crippen molar-refractivity contribution in [2.45, 2.75) is 45.8 Å². The molecule has 0 aliphatic heterocycles. The van der Waals surface area contributed by atoms with E-state index in [4.69, 9.17) is 27.9 Å². The molecular weight excluding hydrogens is 269 g/mol. The van der Waals surface area contributed by atoms with E-state index in [9.17, 15) is 0 Å². The Hall–Kier alpha value is -0.310. The highest BCUT2D eigenvalue weighted by molar-refractivity contribution is 6.34. The molecule has 1 saturated carbocycles. The maximum Gasteiger partial charge on any atom is 0.130 e. The Labute approximate surface area is 119 Å². The van der Waals surface area contributed by atoms with Crippen LogP contribution in [0.3, 0.4) is 0 Å². The van der Waals surface area contributed by atoms with Crippen molar-refractivity contribution in [1.82, 2.24) is 4.98 Å². The SMILES string of the molecule is CC1CCC(OCc2cnc(Cl)cc2Cl)CC1C. The second kappa shape index (κ2) is 6.23. The van der Waals surface area contributed by atoms with Crippen LogP contribution in [-0.4, -0.2) is 11.1 Å². The van der Waals surface area contributed by atoms with Gasteiger partial charge in [-0.1, -0.05) is 37.0 Å². The first kappa shape index (κ1) is 14.1. The molecule has 1 aliphatic carbocycles. The lowest BCUT2D eigenvalue weighted by Gasteiger charge is -2.32. The van der Waals surface area contributed by atoms with Crippen LogP contribution >= 0.6 is 23.2 Å². The van der Waals surface area contributed by atoms with Crippen molar-refractivity contribution in [1.29, 1.82) is 0 Å². The summed E-state index contributed by atoms with van der Waals surface area (Å²) >= 11 is 11.9. The first-order chi connectivity index (χ1) is 8.56. The van der Waals surface area contributed by atoms with Crippen LogP contribution in [-0.2, 0) is 11.3 Å². The lowest BCUT2D eigenvalue weighted by Crippen LogP contribution is -2.26. The van der Waals surface area contributed by atoms with Crippen molar-refractivity contribution < 1.29 is 4.74 Å². The van der Waals surface area contributed by atoms with Crippen molar-refractivity contribution in [3.63, 3.8) is 0 Å². The molecule has 1 aromatic heterocycles. The van der Waals surface area contributed by atoms with Crippen molar-refractivity contribution in [3.05, 3.63) is 28.0 Å². The van der Waals surface area contributed by atoms with Gasteiger partial charge in [0.25, 0.3) is 0 Å². The maximum atomic E-state index is 6.09. The summed E-state index contributed by atoms with van der Waals surface area (Å²) in [6.07, 6.45) is 5.57. The van der Waals surface area contributed by atoms with E-state index in [1.807, 2.05) is 0 Å². The molecule has 1 fully saturated rings. The number of hydrogen-bond donors (Lipinski definition) is 0. The van der Waals surface area contributed by atoms with Gasteiger partial charge in [0.05, 0.1) is 17.7 Å². The van der Waals surface area contributed by atoms with E-state index in [0.717, 1.165) is 30.2 Å². The zero-order valence-electron chi connectivity index (χ0n) is 10.8. The number of nitrogens with zero attached hydrogens (tertiary/aromatic N) is 1. The quantitative estimate of drug-likeness (QED) is 0.750. The molecule has 0 aromatic carbocycles. The largest absolute Gasteiger partial charge is 0.373 e. The lowest BCUT2D eigenvalue weighted by molar-refractivity contribution is -0.00751. The highest BCUT2D eigenvalue weighted by atomic mass is 35.5. The van der Waals surface area contributed by atoms with E-state index in [0.29, 0.717) is 22.9 Å². The molecule has 3 atom stereocenters. The highest BCUT2D eigenvalue weighted by Crippen LogP contribution is 2.31. The number of ether oxygens (including phenoxy) is 1. The third kappa shape index (κ3) is 3.59. The van der Waals surface area contributed by atoms with E-state index in [1.54, 1.807) is 12.3 Å². The van der Waals surface area contributed by atoms with Gasteiger partial charge in [-0.3, -0.25) is 0 Å². The fraction of sp³-hybridized carbons (Fsp3) is 0.643. The number of aromatic nitrogens is 1. The molecule has 3 unspecified atom stereocenters. The van der Waals surface area contributed by atoms with Crippen LogP contribution in [0.5, 0.6) is 0 Å². The molecule has 4 heteroatoms. The molecule has 2 nitrogen and oxygen atoms in total. The fourth-order valence-electron chi connectivity index (χ4n) is 2.40. The van der Waals surface area contributed by atoms with Crippen LogP contribution in [0, 0.1) is 11.8 Å². The molecule has 0 radical (unpaired) electrons. The lowest BCUT2D eigenvalue weighted by atomic mass is 9.80. The van der Waals surface area contributed by atoms with Gasteiger partial charge >= 0.3 is 0 Å². The summed E-state index contributed by atoms with van der Waals surface area (Å²) in [7, 11) is 0. The summed E-state index contributed by atoms with van der Waals surface area (Å²) in [6, 6.07) is 1.66. The minimum atomic E-state index is 0.350. The third-order valence-corrected chi connectivity index (χ3v) is 4.48. The van der Waals surface area contributed by atoms with E-state index in [1.165, 1.54) is 6.42 Å². The highest BCUT2D eigenvalue weighted by Gasteiger charge is 2.25. The van der Waals surface area contributed by atoms with Gasteiger partial charge in [-0.25, -0.2) is 4.98 Å². The summed E-state index contributed by atoms with van der Waals surface area (Å²) < 4.78 is 5.94. The van der Waals surface area contributed by atoms with E-state index >= 15 is 0 Å². The van der Waals surface area contributed by atoms with Crippen LogP contribution in [0.25, 0.3) is 0 Å². The monoisotopic (exact) mass is 287 g/mol. The van der Waals surface area contributed by atoms with Crippen molar-refractivity contribution in [2.24, 2.45) is 11.8 Å². The zero-order chi connectivity index (χ0) is 13.1. The third-order valence-electron chi connectivity index (χ3n) is 3.92. The number of rotatable bonds is 3. The second-order valence-corrected chi connectivity index (χ2v) is 6.09. The zero-order valence-corrected chi connectivity index (χ0v) is 12.3. The molecule has 0 spiro atoms. The average molecular weight is 288 g/mol. The molecule has 0 N–H and O–H groups in total. The summed E-state index contributed by atoms with van der Waals surface area (Å²) in [5.74, 6) is 1.55. The van der Waals surface area contributed by atoms with Crippen molar-refractivity contribution >= 4 is 23.2 Å². The number of hydrogen-bond acceptors (Lipinski definition) is 2. The van der Waals surface area contributed by atoms with Gasteiger partial charge in [-0.05, 0) is 37.2 Å². The van der Waals surface area contributed by atoms with Crippen LogP contribution in [0.15, 0.2) is 12.3 Å². The average Bonchev–Trinajstić information content (AvgIpc) is 2.32. The molecular formula is C14H19Cl2NO. The minimum absolute atomic E-state index is 0.350. The van der Waals surface area contributed by atoms with E-state index < -0.39 is 0 Å². The molecule has 0 saturated heterocycles. The van der Waals surface area contributed by atoms with Crippen LogP contribution < -0.4 is 0 Å². The molecule has 18 heavy (non-hydrogen) atoms. The maximum absolute atomic E-state index is 6.09. The Morgan fingerprint density at radius 3 is 2.72 bits per heavy atom. The van der Waals surface area contributed by atoms with Gasteiger partial charge in [0.1, 0.15) is 5.15 Å². The first-order valence-corrected chi connectivity index (χ1v) is 7.23. The van der Waals surface area contributed by atoms with Gasteiger partial charge in [-0.15, -0.1) is 0 Å². The molecule has 1 aromatic rings. The predicted octanol–water partition coefficient (Wildman–Crippen LogP) is 4.73. The fourth-order valence-corrected chi connectivity index (χ4v) is 2.82. The van der Waals surface area contributed by atoms with Crippen molar-refractivity contribution in [3.8, 4) is 0 Å². The van der Waals surface area contributed by atoms with Gasteiger partial charge in [0.15, 0.2) is 0 Å². The Morgan fingerprint density at radius 1 is 1.28 bits per heavy atom. The normalized spacial score (nSPS) is 28.3. The smallest absolute Gasteiger partial charge is 0.130 e. The summed E-state index contributed by atoms with van der Waals surface area (Å²) in [4.78, 5) is 4.03. The van der Waals surface area contributed by atoms with Gasteiger partial charge in [0.2, 0.25) is 0 Å². The van der Waals surface area contributed by atoms with Crippen LogP contribution in [0.4, 0.5) is 0 Å². The number of pyridine rings is 1. The molecule has 2 rings (SSSR count). The molecule has 100 valence electrons. The van der Waals surface area contributed by atoms with Gasteiger partial charge < -0.3 is 4.74 Å². The van der Waals surface area contributed by atoms with Crippen LogP contribution in [0.1, 0.15) is 38.7 Å². The topological polar surface area (TPSA) is 22.1 Å². The van der Waals surface area contributed by atoms with Crippen LogP contribution in [0.2, 0.25) is 10.2 Å². The number of halogens is 2. The summed E-state index contributed by atoms with van der Waals surface area (Å²) in [5.41, 5.74) is 0.910. The molecule has 0 amide bonds. The first-order valence-electron chi connectivity index (χ1n) is 6.47. The summed E-state index contributed by atoms with van der Waals surface area (Å²) in [5, 5.41) is 1.05. The Kier molecular flexibility index (Phi) is 4.88. The predicted molar refractivity (Wildman–Crippen MR) is 75.0 cm³/mol. The molecule has 1 heterocycles. The van der Waals surface area contributed by atoms with Gasteiger partial charge in [-0.2, -0.15) is 0 Å². The van der Waals surface area contributed by atoms with Gasteiger partial charge in [0, 0.05) is 11.8 Å². The standard InChI is InChI=1S/C14H19Cl2NO/c1-9-3-4-12(5-10(9)2)18-8-11-7-17-14(16)6-13(11)15/h6-7,9-10,12H,3-5,8H2,1-2H3. The Morgan fingerprint density at radius 2 is 2.06 bits per heavy atom. The molecule has 0 bridgehead atoms. The minimum Gasteiger partial charge on any atom is -0.373 e. The second-order valence-electron chi connectivity index (χ2n) is 5.30. The van der Waals surface area contributed by atoms with E-state index in [2.05, 4.69) is 18.8 Å².